The average molecular weight is 230 g/mol. The third-order valence-electron chi connectivity index (χ3n) is 3.96. The normalized spacial score (nSPS) is 35.4. The minimum atomic E-state index is -2.91. The van der Waals surface area contributed by atoms with Gasteiger partial charge in [0.05, 0.1) is 12.2 Å². The standard InChI is InChI=1S/C11H22O3Si/c1-8(2)15(12,13)6-5-9-3-4-10-11(7-9)14-10/h8-13H,3-7H2,1-2H3. The first kappa shape index (κ1) is 11.6. The van der Waals surface area contributed by atoms with Gasteiger partial charge in [0.1, 0.15) is 0 Å². The maximum Gasteiger partial charge on any atom is 0.335 e. The number of hydrogen-bond donors (Lipinski definition) is 2. The molecule has 1 saturated heterocycles. The van der Waals surface area contributed by atoms with Gasteiger partial charge in [-0.2, -0.15) is 0 Å². The zero-order valence-corrected chi connectivity index (χ0v) is 10.6. The van der Waals surface area contributed by atoms with E-state index >= 15 is 0 Å². The van der Waals surface area contributed by atoms with Crippen molar-refractivity contribution in [2.24, 2.45) is 5.92 Å². The van der Waals surface area contributed by atoms with Gasteiger partial charge in [0.15, 0.2) is 0 Å². The largest absolute Gasteiger partial charge is 0.410 e. The summed E-state index contributed by atoms with van der Waals surface area (Å²) in [5.74, 6) is 0.665. The molecule has 15 heavy (non-hydrogen) atoms. The van der Waals surface area contributed by atoms with Gasteiger partial charge in [-0.25, -0.2) is 0 Å². The monoisotopic (exact) mass is 230 g/mol. The number of rotatable bonds is 4. The molecule has 0 spiro atoms. The van der Waals surface area contributed by atoms with Gasteiger partial charge in [0.25, 0.3) is 0 Å². The lowest BCUT2D eigenvalue weighted by Crippen LogP contribution is -2.38. The Hall–Kier alpha value is 0.0969. The lowest BCUT2D eigenvalue weighted by Gasteiger charge is -2.25. The average Bonchev–Trinajstić information content (AvgIpc) is 2.92. The van der Waals surface area contributed by atoms with E-state index < -0.39 is 8.56 Å². The molecule has 0 aromatic rings. The van der Waals surface area contributed by atoms with E-state index in [-0.39, 0.29) is 5.54 Å². The van der Waals surface area contributed by atoms with Gasteiger partial charge in [-0.05, 0) is 43.2 Å². The molecule has 3 nitrogen and oxygen atoms in total. The second-order valence-electron chi connectivity index (χ2n) is 5.46. The van der Waals surface area contributed by atoms with Gasteiger partial charge >= 0.3 is 8.56 Å². The van der Waals surface area contributed by atoms with E-state index in [0.717, 1.165) is 12.8 Å². The second-order valence-corrected chi connectivity index (χ2v) is 8.88. The van der Waals surface area contributed by atoms with Crippen LogP contribution in [-0.2, 0) is 4.74 Å². The lowest BCUT2D eigenvalue weighted by atomic mass is 9.88. The van der Waals surface area contributed by atoms with Gasteiger partial charge in [0, 0.05) is 0 Å². The van der Waals surface area contributed by atoms with Crippen LogP contribution in [-0.4, -0.2) is 30.4 Å². The Balaban J connectivity index is 1.73. The SMILES string of the molecule is CC(C)[Si](O)(O)CCC1CCC2OC2C1. The molecule has 3 atom stereocenters. The van der Waals surface area contributed by atoms with Crippen molar-refractivity contribution in [3.63, 3.8) is 0 Å². The van der Waals surface area contributed by atoms with E-state index in [1.165, 1.54) is 12.8 Å². The van der Waals surface area contributed by atoms with Gasteiger partial charge in [-0.3, -0.25) is 0 Å². The predicted molar refractivity (Wildman–Crippen MR) is 60.7 cm³/mol. The second kappa shape index (κ2) is 4.16. The maximum absolute atomic E-state index is 9.86. The van der Waals surface area contributed by atoms with Crippen molar-refractivity contribution in [3.05, 3.63) is 0 Å². The molecule has 2 N–H and O–H groups in total. The summed E-state index contributed by atoms with van der Waals surface area (Å²) >= 11 is 0. The van der Waals surface area contributed by atoms with Crippen LogP contribution in [0.25, 0.3) is 0 Å². The van der Waals surface area contributed by atoms with E-state index in [1.807, 2.05) is 13.8 Å². The zero-order valence-electron chi connectivity index (χ0n) is 9.65. The topological polar surface area (TPSA) is 53.0 Å². The van der Waals surface area contributed by atoms with Gasteiger partial charge in [-0.15, -0.1) is 0 Å². The van der Waals surface area contributed by atoms with Crippen LogP contribution >= 0.6 is 0 Å². The number of hydrogen-bond acceptors (Lipinski definition) is 3. The van der Waals surface area contributed by atoms with Crippen molar-refractivity contribution in [1.29, 1.82) is 0 Å². The van der Waals surface area contributed by atoms with Crippen molar-refractivity contribution in [2.75, 3.05) is 0 Å². The molecule has 3 unspecified atom stereocenters. The summed E-state index contributed by atoms with van der Waals surface area (Å²) in [6.07, 6.45) is 5.58. The molecule has 0 aromatic heterocycles. The summed E-state index contributed by atoms with van der Waals surface area (Å²) < 4.78 is 5.47. The van der Waals surface area contributed by atoms with Crippen LogP contribution in [0, 0.1) is 5.92 Å². The van der Waals surface area contributed by atoms with Crippen LogP contribution in [0.15, 0.2) is 0 Å². The highest BCUT2D eigenvalue weighted by atomic mass is 28.4. The molecule has 1 heterocycles. The Kier molecular flexibility index (Phi) is 3.21. The highest BCUT2D eigenvalue weighted by Crippen LogP contribution is 2.41. The van der Waals surface area contributed by atoms with Gasteiger partial charge in [-0.1, -0.05) is 13.8 Å². The van der Waals surface area contributed by atoms with Crippen molar-refractivity contribution in [3.8, 4) is 0 Å². The van der Waals surface area contributed by atoms with E-state index in [9.17, 15) is 9.59 Å². The third-order valence-corrected chi connectivity index (χ3v) is 6.83. The summed E-state index contributed by atoms with van der Waals surface area (Å²) in [5.41, 5.74) is 0.0472. The number of ether oxygens (including phenoxy) is 1. The molecule has 2 rings (SSSR count). The zero-order chi connectivity index (χ0) is 11.1. The highest BCUT2D eigenvalue weighted by Gasteiger charge is 2.44. The first-order chi connectivity index (χ1) is 6.99. The highest BCUT2D eigenvalue weighted by molar-refractivity contribution is 6.66. The van der Waals surface area contributed by atoms with Crippen LogP contribution in [0.2, 0.25) is 11.6 Å². The Morgan fingerprint density at radius 2 is 2.00 bits per heavy atom. The predicted octanol–water partition coefficient (Wildman–Crippen LogP) is 1.78. The van der Waals surface area contributed by atoms with Crippen LogP contribution in [0.5, 0.6) is 0 Å². The minimum absolute atomic E-state index is 0.0472. The summed E-state index contributed by atoms with van der Waals surface area (Å²) in [6, 6.07) is 0.632. The smallest absolute Gasteiger partial charge is 0.335 e. The quantitative estimate of drug-likeness (QED) is 0.572. The molecule has 0 aromatic carbocycles. The first-order valence-electron chi connectivity index (χ1n) is 6.09. The fraction of sp³-hybridized carbons (Fsp3) is 1.00. The summed E-state index contributed by atoms with van der Waals surface area (Å²) in [6.45, 7) is 3.82. The van der Waals surface area contributed by atoms with Crippen LogP contribution in [0.4, 0.5) is 0 Å². The van der Waals surface area contributed by atoms with E-state index in [4.69, 9.17) is 4.74 Å². The van der Waals surface area contributed by atoms with E-state index in [2.05, 4.69) is 0 Å². The lowest BCUT2D eigenvalue weighted by molar-refractivity contribution is 0.317. The van der Waals surface area contributed by atoms with Crippen molar-refractivity contribution < 1.29 is 14.3 Å². The molecular weight excluding hydrogens is 208 g/mol. The number of epoxide rings is 1. The third kappa shape index (κ3) is 2.81. The molecule has 0 bridgehead atoms. The van der Waals surface area contributed by atoms with Gasteiger partial charge < -0.3 is 14.3 Å². The number of fused-ring (bicyclic) bond motifs is 1. The van der Waals surface area contributed by atoms with Crippen molar-refractivity contribution in [1.82, 2.24) is 0 Å². The first-order valence-corrected chi connectivity index (χ1v) is 8.27. The van der Waals surface area contributed by atoms with Crippen molar-refractivity contribution >= 4 is 8.56 Å². The Bertz CT molecular complexity index is 230. The van der Waals surface area contributed by atoms with Crippen molar-refractivity contribution in [2.45, 2.75) is 63.3 Å². The Morgan fingerprint density at radius 1 is 1.27 bits per heavy atom. The molecule has 1 aliphatic carbocycles. The molecule has 2 aliphatic rings. The molecular formula is C11H22O3Si. The Morgan fingerprint density at radius 3 is 2.60 bits per heavy atom. The minimum Gasteiger partial charge on any atom is -0.410 e. The van der Waals surface area contributed by atoms with Crippen LogP contribution in [0.3, 0.4) is 0 Å². The van der Waals surface area contributed by atoms with E-state index in [0.29, 0.717) is 24.2 Å². The Labute approximate surface area is 92.7 Å². The van der Waals surface area contributed by atoms with Crippen LogP contribution in [0.1, 0.15) is 39.5 Å². The fourth-order valence-corrected chi connectivity index (χ4v) is 3.86. The molecule has 4 heteroatoms. The molecule has 0 amide bonds. The summed E-state index contributed by atoms with van der Waals surface area (Å²) in [7, 11) is -2.91. The van der Waals surface area contributed by atoms with Crippen LogP contribution < -0.4 is 0 Å². The molecule has 2 fully saturated rings. The molecule has 0 radical (unpaired) electrons. The fourth-order valence-electron chi connectivity index (χ4n) is 2.45. The molecule has 1 saturated carbocycles. The maximum atomic E-state index is 9.86. The summed E-state index contributed by atoms with van der Waals surface area (Å²) in [4.78, 5) is 19.7. The summed E-state index contributed by atoms with van der Waals surface area (Å²) in [5, 5.41) is 0. The molecule has 1 aliphatic heterocycles. The molecule has 88 valence electrons. The van der Waals surface area contributed by atoms with E-state index in [1.54, 1.807) is 0 Å². The van der Waals surface area contributed by atoms with Gasteiger partial charge in [0.2, 0.25) is 0 Å².